The predicted molar refractivity (Wildman–Crippen MR) is 132 cm³/mol. The molecular formula is C26H35N3O5. The molecule has 34 heavy (non-hydrogen) atoms. The van der Waals surface area contributed by atoms with Crippen LogP contribution in [0.25, 0.3) is 0 Å². The van der Waals surface area contributed by atoms with Gasteiger partial charge in [-0.1, -0.05) is 19.1 Å². The van der Waals surface area contributed by atoms with Crippen LogP contribution in [0.3, 0.4) is 0 Å². The highest BCUT2D eigenvalue weighted by atomic mass is 16.5. The van der Waals surface area contributed by atoms with Gasteiger partial charge in [-0.25, -0.2) is 0 Å². The number of carbonyl (C=O) groups excluding carboxylic acids is 2. The molecule has 1 aliphatic heterocycles. The fourth-order valence-corrected chi connectivity index (χ4v) is 4.07. The lowest BCUT2D eigenvalue weighted by Gasteiger charge is -2.34. The van der Waals surface area contributed by atoms with E-state index in [4.69, 9.17) is 14.2 Å². The van der Waals surface area contributed by atoms with Gasteiger partial charge < -0.3 is 24.4 Å². The summed E-state index contributed by atoms with van der Waals surface area (Å²) >= 11 is 0. The number of anilines is 1. The number of amides is 2. The number of para-hydroxylation sites is 1. The van der Waals surface area contributed by atoms with Gasteiger partial charge in [0.25, 0.3) is 11.8 Å². The van der Waals surface area contributed by atoms with Gasteiger partial charge in [-0.05, 0) is 50.2 Å². The number of methoxy groups -OCH3 is 2. The predicted octanol–water partition coefficient (Wildman–Crippen LogP) is 3.38. The minimum atomic E-state index is -0.323. The summed E-state index contributed by atoms with van der Waals surface area (Å²) in [6.45, 7) is 5.91. The zero-order valence-corrected chi connectivity index (χ0v) is 20.8. The highest BCUT2D eigenvalue weighted by Gasteiger charge is 2.27. The van der Waals surface area contributed by atoms with Crippen LogP contribution in [0.1, 0.15) is 34.6 Å². The molecule has 0 fully saturated rings. The lowest BCUT2D eigenvalue weighted by atomic mass is 10.0. The Balaban J connectivity index is 1.92. The van der Waals surface area contributed by atoms with Crippen LogP contribution < -0.4 is 14.8 Å². The van der Waals surface area contributed by atoms with Gasteiger partial charge in [0.05, 0.1) is 24.3 Å². The van der Waals surface area contributed by atoms with Gasteiger partial charge in [0.1, 0.15) is 18.1 Å². The van der Waals surface area contributed by atoms with Crippen LogP contribution in [-0.4, -0.2) is 81.8 Å². The number of likely N-dealkylation sites (N-methyl/N-ethyl adjacent to an activating group) is 2. The van der Waals surface area contributed by atoms with Gasteiger partial charge in [0.15, 0.2) is 0 Å². The van der Waals surface area contributed by atoms with E-state index >= 15 is 0 Å². The summed E-state index contributed by atoms with van der Waals surface area (Å²) in [5.41, 5.74) is 1.29. The van der Waals surface area contributed by atoms with E-state index in [-0.39, 0.29) is 29.9 Å². The summed E-state index contributed by atoms with van der Waals surface area (Å²) in [6, 6.07) is 12.3. The van der Waals surface area contributed by atoms with E-state index in [2.05, 4.69) is 31.1 Å². The zero-order chi connectivity index (χ0) is 24.8. The minimum Gasteiger partial charge on any atom is -0.496 e. The number of ether oxygens (including phenoxy) is 3. The molecule has 8 nitrogen and oxygen atoms in total. The molecular weight excluding hydrogens is 434 g/mol. The van der Waals surface area contributed by atoms with Gasteiger partial charge >= 0.3 is 0 Å². The number of hydrogen-bond acceptors (Lipinski definition) is 6. The van der Waals surface area contributed by atoms with Crippen LogP contribution >= 0.6 is 0 Å². The molecule has 1 heterocycles. The first-order valence-electron chi connectivity index (χ1n) is 11.4. The quantitative estimate of drug-likeness (QED) is 0.740. The van der Waals surface area contributed by atoms with E-state index in [0.29, 0.717) is 41.5 Å². The van der Waals surface area contributed by atoms with Crippen molar-refractivity contribution < 1.29 is 23.8 Å². The van der Waals surface area contributed by atoms with Crippen LogP contribution in [0.15, 0.2) is 42.5 Å². The number of rotatable bonds is 4. The first kappa shape index (κ1) is 25.5. The van der Waals surface area contributed by atoms with E-state index in [9.17, 15) is 9.59 Å². The van der Waals surface area contributed by atoms with Crippen molar-refractivity contribution in [2.75, 3.05) is 53.3 Å². The third-order valence-electron chi connectivity index (χ3n) is 6.37. The standard InChI is InChI=1S/C26H35N3O5/c1-17-14-28(3)18(2)16-34-23-12-11-19(13-21(23)26(31)29(4)15-24(17)33-6)27-25(30)20-9-7-8-10-22(20)32-5/h7-13,17-18,24H,14-16H2,1-6H3,(H,27,30)/t17-,18+,24+/m0/s1. The molecule has 184 valence electrons. The maximum Gasteiger partial charge on any atom is 0.259 e. The second-order valence-electron chi connectivity index (χ2n) is 8.90. The minimum absolute atomic E-state index is 0.110. The van der Waals surface area contributed by atoms with E-state index in [0.717, 1.165) is 6.54 Å². The van der Waals surface area contributed by atoms with Gasteiger partial charge in [-0.15, -0.1) is 0 Å². The molecule has 0 aromatic heterocycles. The average molecular weight is 470 g/mol. The number of nitrogens with one attached hydrogen (secondary N) is 1. The molecule has 3 rings (SSSR count). The molecule has 0 bridgehead atoms. The molecule has 0 radical (unpaired) electrons. The van der Waals surface area contributed by atoms with Crippen molar-refractivity contribution in [3.05, 3.63) is 53.6 Å². The molecule has 3 atom stereocenters. The second kappa shape index (κ2) is 11.4. The van der Waals surface area contributed by atoms with Crippen molar-refractivity contribution in [3.63, 3.8) is 0 Å². The molecule has 1 N–H and O–H groups in total. The molecule has 2 aromatic rings. The Hall–Kier alpha value is -3.10. The fraction of sp³-hybridized carbons (Fsp3) is 0.462. The summed E-state index contributed by atoms with van der Waals surface area (Å²) < 4.78 is 17.1. The smallest absolute Gasteiger partial charge is 0.259 e. The molecule has 0 saturated carbocycles. The summed E-state index contributed by atoms with van der Waals surface area (Å²) in [6.07, 6.45) is -0.110. The Morgan fingerprint density at radius 3 is 2.53 bits per heavy atom. The maximum absolute atomic E-state index is 13.4. The van der Waals surface area contributed by atoms with Crippen LogP contribution in [-0.2, 0) is 4.74 Å². The third-order valence-corrected chi connectivity index (χ3v) is 6.37. The first-order chi connectivity index (χ1) is 16.2. The molecule has 0 unspecified atom stereocenters. The summed E-state index contributed by atoms with van der Waals surface area (Å²) in [4.78, 5) is 30.2. The van der Waals surface area contributed by atoms with E-state index < -0.39 is 0 Å². The fourth-order valence-electron chi connectivity index (χ4n) is 4.07. The number of nitrogens with zero attached hydrogens (tertiary/aromatic N) is 2. The summed E-state index contributed by atoms with van der Waals surface area (Å²) in [5, 5.41) is 2.87. The molecule has 1 aliphatic rings. The molecule has 2 amide bonds. The van der Waals surface area contributed by atoms with E-state index in [1.165, 1.54) is 7.11 Å². The van der Waals surface area contributed by atoms with Crippen molar-refractivity contribution in [2.45, 2.75) is 26.0 Å². The average Bonchev–Trinajstić information content (AvgIpc) is 2.84. The van der Waals surface area contributed by atoms with Gasteiger partial charge in [-0.3, -0.25) is 14.5 Å². The van der Waals surface area contributed by atoms with Crippen molar-refractivity contribution in [3.8, 4) is 11.5 Å². The Labute approximate surface area is 201 Å². The van der Waals surface area contributed by atoms with Crippen LogP contribution in [0.5, 0.6) is 11.5 Å². The van der Waals surface area contributed by atoms with Crippen molar-refractivity contribution in [1.29, 1.82) is 0 Å². The molecule has 2 aromatic carbocycles. The van der Waals surface area contributed by atoms with Crippen molar-refractivity contribution in [1.82, 2.24) is 9.80 Å². The van der Waals surface area contributed by atoms with Gasteiger partial charge in [0.2, 0.25) is 0 Å². The van der Waals surface area contributed by atoms with E-state index in [1.54, 1.807) is 61.5 Å². The lowest BCUT2D eigenvalue weighted by molar-refractivity contribution is 0.0150. The molecule has 0 spiro atoms. The largest absolute Gasteiger partial charge is 0.496 e. The van der Waals surface area contributed by atoms with Gasteiger partial charge in [0, 0.05) is 39.0 Å². The van der Waals surface area contributed by atoms with Crippen molar-refractivity contribution >= 4 is 17.5 Å². The third kappa shape index (κ3) is 5.87. The van der Waals surface area contributed by atoms with Crippen LogP contribution in [0.2, 0.25) is 0 Å². The second-order valence-corrected chi connectivity index (χ2v) is 8.90. The highest BCUT2D eigenvalue weighted by molar-refractivity contribution is 6.07. The molecule has 8 heteroatoms. The SMILES string of the molecule is COc1ccccc1C(=O)Nc1ccc2c(c1)C(=O)N(C)C[C@@H](OC)[C@@H](C)CN(C)[C@H](C)CO2. The zero-order valence-electron chi connectivity index (χ0n) is 20.8. The Kier molecular flexibility index (Phi) is 8.52. The summed E-state index contributed by atoms with van der Waals surface area (Å²) in [5.74, 6) is 0.659. The number of fused-ring (bicyclic) bond motifs is 1. The molecule has 0 aliphatic carbocycles. The van der Waals surface area contributed by atoms with Crippen molar-refractivity contribution in [2.24, 2.45) is 5.92 Å². The first-order valence-corrected chi connectivity index (χ1v) is 11.4. The van der Waals surface area contributed by atoms with Crippen LogP contribution in [0.4, 0.5) is 5.69 Å². The lowest BCUT2D eigenvalue weighted by Crippen LogP contribution is -2.45. The normalized spacial score (nSPS) is 22.1. The van der Waals surface area contributed by atoms with Crippen LogP contribution in [0, 0.1) is 5.92 Å². The maximum atomic E-state index is 13.4. The summed E-state index contributed by atoms with van der Waals surface area (Å²) in [7, 11) is 7.02. The topological polar surface area (TPSA) is 80.3 Å². The number of hydrogen-bond donors (Lipinski definition) is 1. The van der Waals surface area contributed by atoms with E-state index in [1.807, 2.05) is 0 Å². The number of benzene rings is 2. The molecule has 0 saturated heterocycles. The highest BCUT2D eigenvalue weighted by Crippen LogP contribution is 2.27. The van der Waals surface area contributed by atoms with Gasteiger partial charge in [-0.2, -0.15) is 0 Å². The Morgan fingerprint density at radius 2 is 1.82 bits per heavy atom. The Morgan fingerprint density at radius 1 is 1.09 bits per heavy atom. The Bertz CT molecular complexity index is 1010. The monoisotopic (exact) mass is 469 g/mol. The number of carbonyl (C=O) groups is 2.